The van der Waals surface area contributed by atoms with Crippen LogP contribution in [0.4, 0.5) is 5.69 Å². The number of hydrogen-bond acceptors (Lipinski definition) is 4. The number of halogens is 1. The number of hydrogen-bond donors (Lipinski definition) is 3. The quantitative estimate of drug-likeness (QED) is 0.715. The Morgan fingerprint density at radius 2 is 2.07 bits per heavy atom. The molecule has 0 fully saturated rings. The molecule has 1 rings (SSSR count). The standard InChI is InChI=1S/C10H11ClN2O2/c11-8-2-1-7(4-12)10(3-8)13-9(5-14)6-15/h1-3,9,13-15H,5-6H2. The minimum atomic E-state index is -0.490. The van der Waals surface area contributed by atoms with E-state index in [2.05, 4.69) is 5.32 Å². The van der Waals surface area contributed by atoms with E-state index in [1.54, 1.807) is 18.2 Å². The number of benzene rings is 1. The van der Waals surface area contributed by atoms with E-state index in [0.717, 1.165) is 0 Å². The lowest BCUT2D eigenvalue weighted by molar-refractivity contribution is 0.204. The molecule has 0 heterocycles. The molecule has 0 saturated heterocycles. The molecule has 0 unspecified atom stereocenters. The minimum absolute atomic E-state index is 0.214. The van der Waals surface area contributed by atoms with Gasteiger partial charge >= 0.3 is 0 Å². The third-order valence-electron chi connectivity index (χ3n) is 1.90. The zero-order valence-corrected chi connectivity index (χ0v) is 8.70. The Bertz CT molecular complexity index is 372. The molecule has 0 bridgehead atoms. The Morgan fingerprint density at radius 1 is 1.40 bits per heavy atom. The van der Waals surface area contributed by atoms with E-state index in [1.807, 2.05) is 6.07 Å². The summed E-state index contributed by atoms with van der Waals surface area (Å²) in [5, 5.41) is 29.9. The normalized spacial score (nSPS) is 10.1. The summed E-state index contributed by atoms with van der Waals surface area (Å²) < 4.78 is 0. The zero-order chi connectivity index (χ0) is 11.3. The van der Waals surface area contributed by atoms with E-state index in [4.69, 9.17) is 27.1 Å². The van der Waals surface area contributed by atoms with Crippen LogP contribution >= 0.6 is 11.6 Å². The van der Waals surface area contributed by atoms with Gasteiger partial charge in [-0.1, -0.05) is 11.6 Å². The zero-order valence-electron chi connectivity index (χ0n) is 7.94. The molecule has 80 valence electrons. The summed E-state index contributed by atoms with van der Waals surface area (Å²) >= 11 is 5.77. The maximum atomic E-state index is 8.88. The number of nitrogens with zero attached hydrogens (tertiary/aromatic N) is 1. The third kappa shape index (κ3) is 3.10. The first kappa shape index (κ1) is 11.8. The largest absolute Gasteiger partial charge is 0.394 e. The molecule has 0 aliphatic rings. The second kappa shape index (κ2) is 5.56. The molecule has 0 amide bonds. The SMILES string of the molecule is N#Cc1ccc(Cl)cc1NC(CO)CO. The molecule has 4 nitrogen and oxygen atoms in total. The van der Waals surface area contributed by atoms with Gasteiger partial charge in [-0.15, -0.1) is 0 Å². The molecule has 15 heavy (non-hydrogen) atoms. The van der Waals surface area contributed by atoms with Crippen molar-refractivity contribution >= 4 is 17.3 Å². The summed E-state index contributed by atoms with van der Waals surface area (Å²) in [5.74, 6) is 0. The van der Waals surface area contributed by atoms with Crippen LogP contribution in [0.3, 0.4) is 0 Å². The summed E-state index contributed by atoms with van der Waals surface area (Å²) in [5.41, 5.74) is 0.935. The minimum Gasteiger partial charge on any atom is -0.394 e. The summed E-state index contributed by atoms with van der Waals surface area (Å²) in [6, 6.07) is 6.27. The van der Waals surface area contributed by atoms with E-state index in [1.165, 1.54) is 0 Å². The van der Waals surface area contributed by atoms with Crippen LogP contribution in [-0.2, 0) is 0 Å². The Morgan fingerprint density at radius 3 is 2.60 bits per heavy atom. The van der Waals surface area contributed by atoms with Crippen molar-refractivity contribution in [2.45, 2.75) is 6.04 Å². The summed E-state index contributed by atoms with van der Waals surface area (Å²) in [6.07, 6.45) is 0. The van der Waals surface area contributed by atoms with Gasteiger partial charge in [0, 0.05) is 5.02 Å². The number of rotatable bonds is 4. The first-order valence-corrected chi connectivity index (χ1v) is 4.77. The molecule has 0 radical (unpaired) electrons. The van der Waals surface area contributed by atoms with Crippen LogP contribution in [0, 0.1) is 11.3 Å². The fourth-order valence-electron chi connectivity index (χ4n) is 1.10. The van der Waals surface area contributed by atoms with Crippen molar-refractivity contribution in [2.75, 3.05) is 18.5 Å². The lowest BCUT2D eigenvalue weighted by atomic mass is 10.2. The second-order valence-corrected chi connectivity index (χ2v) is 3.44. The van der Waals surface area contributed by atoms with E-state index in [9.17, 15) is 0 Å². The highest BCUT2D eigenvalue weighted by molar-refractivity contribution is 6.30. The van der Waals surface area contributed by atoms with Crippen molar-refractivity contribution in [3.63, 3.8) is 0 Å². The van der Waals surface area contributed by atoms with Crippen LogP contribution in [0.15, 0.2) is 18.2 Å². The molecule has 0 aliphatic heterocycles. The Hall–Kier alpha value is -1.28. The van der Waals surface area contributed by atoms with Crippen molar-refractivity contribution in [3.8, 4) is 6.07 Å². The Labute approximate surface area is 92.7 Å². The van der Waals surface area contributed by atoms with Crippen LogP contribution in [0.1, 0.15) is 5.56 Å². The molecular weight excluding hydrogens is 216 g/mol. The molecule has 0 spiro atoms. The van der Waals surface area contributed by atoms with Crippen LogP contribution in [0.25, 0.3) is 0 Å². The number of aliphatic hydroxyl groups excluding tert-OH is 2. The molecule has 1 aromatic rings. The van der Waals surface area contributed by atoms with Gasteiger partial charge in [0.15, 0.2) is 0 Å². The van der Waals surface area contributed by atoms with E-state index < -0.39 is 6.04 Å². The van der Waals surface area contributed by atoms with Gasteiger partial charge < -0.3 is 15.5 Å². The van der Waals surface area contributed by atoms with Gasteiger partial charge in [0.25, 0.3) is 0 Å². The summed E-state index contributed by atoms with van der Waals surface area (Å²) in [4.78, 5) is 0. The topological polar surface area (TPSA) is 76.3 Å². The molecule has 5 heteroatoms. The van der Waals surface area contributed by atoms with Gasteiger partial charge in [-0.25, -0.2) is 0 Å². The number of anilines is 1. The lowest BCUT2D eigenvalue weighted by Crippen LogP contribution is -2.28. The molecule has 3 N–H and O–H groups in total. The van der Waals surface area contributed by atoms with Gasteiger partial charge in [-0.3, -0.25) is 0 Å². The number of nitrogens with one attached hydrogen (secondary N) is 1. The highest BCUT2D eigenvalue weighted by atomic mass is 35.5. The third-order valence-corrected chi connectivity index (χ3v) is 2.14. The molecular formula is C10H11ClN2O2. The van der Waals surface area contributed by atoms with Gasteiger partial charge in [-0.05, 0) is 18.2 Å². The molecule has 0 atom stereocenters. The van der Waals surface area contributed by atoms with Crippen molar-refractivity contribution in [2.24, 2.45) is 0 Å². The fourth-order valence-corrected chi connectivity index (χ4v) is 1.27. The van der Waals surface area contributed by atoms with Gasteiger partial charge in [0.2, 0.25) is 0 Å². The fraction of sp³-hybridized carbons (Fsp3) is 0.300. The first-order chi connectivity index (χ1) is 7.21. The molecule has 0 aliphatic carbocycles. The van der Waals surface area contributed by atoms with Crippen LogP contribution in [-0.4, -0.2) is 29.5 Å². The van der Waals surface area contributed by atoms with Crippen molar-refractivity contribution in [1.82, 2.24) is 0 Å². The molecule has 1 aromatic carbocycles. The van der Waals surface area contributed by atoms with Crippen LogP contribution < -0.4 is 5.32 Å². The average molecular weight is 227 g/mol. The van der Waals surface area contributed by atoms with Crippen LogP contribution in [0.2, 0.25) is 5.02 Å². The van der Waals surface area contributed by atoms with E-state index >= 15 is 0 Å². The predicted octanol–water partition coefficient (Wildman–Crippen LogP) is 0.977. The van der Waals surface area contributed by atoms with Crippen LogP contribution in [0.5, 0.6) is 0 Å². The van der Waals surface area contributed by atoms with Gasteiger partial charge in [-0.2, -0.15) is 5.26 Å². The smallest absolute Gasteiger partial charge is 0.101 e. The number of nitriles is 1. The first-order valence-electron chi connectivity index (χ1n) is 4.39. The average Bonchev–Trinajstić information content (AvgIpc) is 2.26. The van der Waals surface area contributed by atoms with Crippen molar-refractivity contribution in [3.05, 3.63) is 28.8 Å². The summed E-state index contributed by atoms with van der Waals surface area (Å²) in [6.45, 7) is -0.429. The highest BCUT2D eigenvalue weighted by Gasteiger charge is 2.09. The van der Waals surface area contributed by atoms with Gasteiger partial charge in [0.05, 0.1) is 30.5 Å². The van der Waals surface area contributed by atoms with Crippen molar-refractivity contribution in [1.29, 1.82) is 5.26 Å². The van der Waals surface area contributed by atoms with Crippen molar-refractivity contribution < 1.29 is 10.2 Å². The van der Waals surface area contributed by atoms with Gasteiger partial charge in [0.1, 0.15) is 6.07 Å². The van der Waals surface area contributed by atoms with E-state index in [-0.39, 0.29) is 13.2 Å². The predicted molar refractivity (Wildman–Crippen MR) is 57.7 cm³/mol. The highest BCUT2D eigenvalue weighted by Crippen LogP contribution is 2.20. The maximum Gasteiger partial charge on any atom is 0.101 e. The Kier molecular flexibility index (Phi) is 4.37. The monoisotopic (exact) mass is 226 g/mol. The Balaban J connectivity index is 2.92. The molecule has 0 saturated carbocycles. The maximum absolute atomic E-state index is 8.88. The summed E-state index contributed by atoms with van der Waals surface area (Å²) in [7, 11) is 0. The molecule has 0 aromatic heterocycles. The lowest BCUT2D eigenvalue weighted by Gasteiger charge is -2.15. The van der Waals surface area contributed by atoms with E-state index in [0.29, 0.717) is 16.3 Å². The second-order valence-electron chi connectivity index (χ2n) is 3.01. The number of aliphatic hydroxyl groups is 2.